The second-order valence-corrected chi connectivity index (χ2v) is 3.97. The molecule has 0 unspecified atom stereocenters. The van der Waals surface area contributed by atoms with Gasteiger partial charge in [-0.2, -0.15) is 0 Å². The Kier molecular flexibility index (Phi) is 4.40. The molecule has 3 heteroatoms. The standard InChI is InChI=1S/C9H20N2S/c1-3-10(4-2)9-5-7-11(12)8-6-9/h9,12H,3-8H2,1-2H3. The molecule has 0 aromatic carbocycles. The van der Waals surface area contributed by atoms with E-state index in [0.717, 1.165) is 19.1 Å². The molecule has 1 heterocycles. The molecule has 0 bridgehead atoms. The van der Waals surface area contributed by atoms with Crippen molar-refractivity contribution in [3.05, 3.63) is 0 Å². The van der Waals surface area contributed by atoms with Crippen molar-refractivity contribution in [2.45, 2.75) is 32.7 Å². The fourth-order valence-electron chi connectivity index (χ4n) is 1.96. The van der Waals surface area contributed by atoms with E-state index in [-0.39, 0.29) is 0 Å². The number of hydrogen-bond acceptors (Lipinski definition) is 3. The van der Waals surface area contributed by atoms with Gasteiger partial charge in [-0.3, -0.25) is 4.31 Å². The second-order valence-electron chi connectivity index (χ2n) is 3.41. The third-order valence-electron chi connectivity index (χ3n) is 2.77. The zero-order valence-corrected chi connectivity index (χ0v) is 9.06. The van der Waals surface area contributed by atoms with Crippen LogP contribution in [0.4, 0.5) is 0 Å². The zero-order valence-electron chi connectivity index (χ0n) is 8.16. The Balaban J connectivity index is 2.32. The molecule has 12 heavy (non-hydrogen) atoms. The maximum atomic E-state index is 4.34. The third-order valence-corrected chi connectivity index (χ3v) is 3.17. The van der Waals surface area contributed by atoms with E-state index >= 15 is 0 Å². The molecule has 0 saturated carbocycles. The summed E-state index contributed by atoms with van der Waals surface area (Å²) in [5.41, 5.74) is 0. The van der Waals surface area contributed by atoms with Crippen molar-refractivity contribution in [2.24, 2.45) is 0 Å². The van der Waals surface area contributed by atoms with Crippen molar-refractivity contribution in [1.29, 1.82) is 0 Å². The summed E-state index contributed by atoms with van der Waals surface area (Å²) < 4.78 is 2.12. The van der Waals surface area contributed by atoms with E-state index in [9.17, 15) is 0 Å². The van der Waals surface area contributed by atoms with Gasteiger partial charge in [0.15, 0.2) is 0 Å². The molecule has 0 amide bonds. The lowest BCUT2D eigenvalue weighted by molar-refractivity contribution is 0.157. The van der Waals surface area contributed by atoms with Crippen molar-refractivity contribution >= 4 is 12.8 Å². The van der Waals surface area contributed by atoms with Crippen LogP contribution in [0.1, 0.15) is 26.7 Å². The van der Waals surface area contributed by atoms with Gasteiger partial charge in [-0.05, 0) is 25.9 Å². The second kappa shape index (κ2) is 5.10. The largest absolute Gasteiger partial charge is 0.301 e. The van der Waals surface area contributed by atoms with E-state index in [4.69, 9.17) is 0 Å². The maximum absolute atomic E-state index is 4.34. The molecule has 0 aromatic rings. The fraction of sp³-hybridized carbons (Fsp3) is 1.00. The van der Waals surface area contributed by atoms with Crippen LogP contribution in [0.25, 0.3) is 0 Å². The summed E-state index contributed by atoms with van der Waals surface area (Å²) in [6.45, 7) is 9.16. The maximum Gasteiger partial charge on any atom is 0.0120 e. The van der Waals surface area contributed by atoms with Crippen molar-refractivity contribution in [2.75, 3.05) is 26.2 Å². The van der Waals surface area contributed by atoms with Gasteiger partial charge in [0, 0.05) is 19.1 Å². The summed E-state index contributed by atoms with van der Waals surface area (Å²) in [7, 11) is 0. The van der Waals surface area contributed by atoms with Gasteiger partial charge in [0.1, 0.15) is 0 Å². The summed E-state index contributed by atoms with van der Waals surface area (Å²) >= 11 is 4.34. The molecular weight excluding hydrogens is 168 g/mol. The van der Waals surface area contributed by atoms with E-state index in [1.807, 2.05) is 0 Å². The minimum Gasteiger partial charge on any atom is -0.301 e. The Morgan fingerprint density at radius 1 is 1.25 bits per heavy atom. The van der Waals surface area contributed by atoms with Crippen LogP contribution < -0.4 is 0 Å². The van der Waals surface area contributed by atoms with Crippen LogP contribution in [0, 0.1) is 0 Å². The van der Waals surface area contributed by atoms with Crippen LogP contribution >= 0.6 is 12.8 Å². The van der Waals surface area contributed by atoms with E-state index in [0.29, 0.717) is 0 Å². The van der Waals surface area contributed by atoms with Gasteiger partial charge in [-0.15, -0.1) is 0 Å². The Hall–Kier alpha value is 0.270. The van der Waals surface area contributed by atoms with Crippen LogP contribution in [0.2, 0.25) is 0 Å². The highest BCUT2D eigenvalue weighted by Gasteiger charge is 2.20. The molecule has 1 aliphatic rings. The number of thiol groups is 1. The lowest BCUT2D eigenvalue weighted by Crippen LogP contribution is -2.42. The highest BCUT2D eigenvalue weighted by molar-refractivity contribution is 7.77. The molecule has 72 valence electrons. The number of rotatable bonds is 3. The van der Waals surface area contributed by atoms with Crippen molar-refractivity contribution < 1.29 is 0 Å². The normalized spacial score (nSPS) is 22.0. The summed E-state index contributed by atoms with van der Waals surface area (Å²) in [5, 5.41) is 0. The number of piperidine rings is 1. The Bertz CT molecular complexity index is 118. The van der Waals surface area contributed by atoms with E-state index in [1.54, 1.807) is 0 Å². The van der Waals surface area contributed by atoms with Gasteiger partial charge in [0.25, 0.3) is 0 Å². The predicted molar refractivity (Wildman–Crippen MR) is 56.5 cm³/mol. The Labute approximate surface area is 81.5 Å². The molecule has 0 radical (unpaired) electrons. The zero-order chi connectivity index (χ0) is 8.97. The van der Waals surface area contributed by atoms with E-state index in [1.165, 1.54) is 25.9 Å². The minimum atomic E-state index is 0.809. The summed E-state index contributed by atoms with van der Waals surface area (Å²) in [5.74, 6) is 0. The summed E-state index contributed by atoms with van der Waals surface area (Å²) in [4.78, 5) is 2.56. The molecule has 0 aliphatic carbocycles. The van der Waals surface area contributed by atoms with Gasteiger partial charge in [-0.1, -0.05) is 26.7 Å². The number of hydrogen-bond donors (Lipinski definition) is 1. The molecule has 0 spiro atoms. The Morgan fingerprint density at radius 3 is 2.17 bits per heavy atom. The smallest absolute Gasteiger partial charge is 0.0120 e. The minimum absolute atomic E-state index is 0.809. The van der Waals surface area contributed by atoms with Crippen LogP contribution in [0.15, 0.2) is 0 Å². The molecule has 0 N–H and O–H groups in total. The lowest BCUT2D eigenvalue weighted by Gasteiger charge is -2.35. The topological polar surface area (TPSA) is 6.48 Å². The highest BCUT2D eigenvalue weighted by Crippen LogP contribution is 2.16. The van der Waals surface area contributed by atoms with Crippen LogP contribution in [0.5, 0.6) is 0 Å². The molecule has 0 atom stereocenters. The molecular formula is C9H20N2S. The third kappa shape index (κ3) is 2.64. The molecule has 1 aliphatic heterocycles. The first-order chi connectivity index (χ1) is 5.77. The van der Waals surface area contributed by atoms with Gasteiger partial charge >= 0.3 is 0 Å². The SMILES string of the molecule is CCN(CC)C1CCN(S)CC1. The summed E-state index contributed by atoms with van der Waals surface area (Å²) in [6, 6.07) is 0.809. The van der Waals surface area contributed by atoms with Crippen LogP contribution in [-0.2, 0) is 0 Å². The monoisotopic (exact) mass is 188 g/mol. The van der Waals surface area contributed by atoms with Crippen molar-refractivity contribution in [1.82, 2.24) is 9.21 Å². The Morgan fingerprint density at radius 2 is 1.75 bits per heavy atom. The van der Waals surface area contributed by atoms with Gasteiger partial charge in [0.05, 0.1) is 0 Å². The number of nitrogens with zero attached hydrogens (tertiary/aromatic N) is 2. The average molecular weight is 188 g/mol. The predicted octanol–water partition coefficient (Wildman–Crippen LogP) is 1.64. The molecule has 1 fully saturated rings. The molecule has 1 rings (SSSR count). The highest BCUT2D eigenvalue weighted by atomic mass is 32.1. The van der Waals surface area contributed by atoms with Crippen LogP contribution in [-0.4, -0.2) is 41.4 Å². The molecule has 0 aromatic heterocycles. The van der Waals surface area contributed by atoms with Gasteiger partial charge in [-0.25, -0.2) is 0 Å². The quantitative estimate of drug-likeness (QED) is 0.673. The fourth-order valence-corrected chi connectivity index (χ4v) is 2.19. The summed E-state index contributed by atoms with van der Waals surface area (Å²) in [6.07, 6.45) is 2.57. The molecule has 1 saturated heterocycles. The van der Waals surface area contributed by atoms with Gasteiger partial charge in [0.2, 0.25) is 0 Å². The first kappa shape index (κ1) is 10.4. The van der Waals surface area contributed by atoms with Gasteiger partial charge < -0.3 is 4.90 Å². The van der Waals surface area contributed by atoms with Crippen molar-refractivity contribution in [3.8, 4) is 0 Å². The van der Waals surface area contributed by atoms with Crippen molar-refractivity contribution in [3.63, 3.8) is 0 Å². The van der Waals surface area contributed by atoms with Crippen LogP contribution in [0.3, 0.4) is 0 Å². The van der Waals surface area contributed by atoms with E-state index in [2.05, 4.69) is 35.9 Å². The first-order valence-corrected chi connectivity index (χ1v) is 5.35. The molecule has 2 nitrogen and oxygen atoms in total. The average Bonchev–Trinajstić information content (AvgIpc) is 2.10. The lowest BCUT2D eigenvalue weighted by atomic mass is 10.1. The van der Waals surface area contributed by atoms with E-state index < -0.39 is 0 Å². The first-order valence-electron chi connectivity index (χ1n) is 4.95.